The second kappa shape index (κ2) is 5.56. The van der Waals surface area contributed by atoms with Gasteiger partial charge in [-0.05, 0) is 43.7 Å². The van der Waals surface area contributed by atoms with Crippen molar-refractivity contribution in [1.82, 2.24) is 10.1 Å². The van der Waals surface area contributed by atoms with Gasteiger partial charge in [0, 0.05) is 0 Å². The minimum absolute atomic E-state index is 0.200. The second-order valence-corrected chi connectivity index (χ2v) is 5.91. The van der Waals surface area contributed by atoms with E-state index >= 15 is 0 Å². The van der Waals surface area contributed by atoms with Crippen LogP contribution in [-0.4, -0.2) is 10.1 Å². The maximum atomic E-state index is 13.8. The molecule has 0 atom stereocenters. The summed E-state index contributed by atoms with van der Waals surface area (Å²) >= 11 is 0. The van der Waals surface area contributed by atoms with Crippen molar-refractivity contribution >= 4 is 0 Å². The Bertz CT molecular complexity index is 617. The van der Waals surface area contributed by atoms with Crippen molar-refractivity contribution in [2.45, 2.75) is 44.6 Å². The molecule has 0 radical (unpaired) electrons. The van der Waals surface area contributed by atoms with E-state index in [0.717, 1.165) is 31.6 Å². The van der Waals surface area contributed by atoms with Crippen LogP contribution in [-0.2, 0) is 5.54 Å². The van der Waals surface area contributed by atoms with Crippen molar-refractivity contribution in [1.29, 1.82) is 0 Å². The van der Waals surface area contributed by atoms with Crippen LogP contribution in [0.15, 0.2) is 28.8 Å². The van der Waals surface area contributed by atoms with Crippen molar-refractivity contribution < 1.29 is 8.91 Å². The molecule has 0 spiro atoms. The van der Waals surface area contributed by atoms with E-state index in [9.17, 15) is 4.39 Å². The molecular weight excluding hydrogens is 269 g/mol. The molecule has 2 aromatic rings. The monoisotopic (exact) mass is 289 g/mol. The fraction of sp³-hybridized carbons (Fsp3) is 0.500. The van der Waals surface area contributed by atoms with Gasteiger partial charge in [0.25, 0.3) is 5.89 Å². The van der Waals surface area contributed by atoms with E-state index in [1.165, 1.54) is 12.5 Å². The highest BCUT2D eigenvalue weighted by molar-refractivity contribution is 5.53. The number of nitrogens with zero attached hydrogens (tertiary/aromatic N) is 2. The maximum Gasteiger partial charge on any atom is 0.260 e. The fourth-order valence-electron chi connectivity index (χ4n) is 2.99. The largest absolute Gasteiger partial charge is 0.334 e. The van der Waals surface area contributed by atoms with Gasteiger partial charge in [-0.1, -0.05) is 30.6 Å². The number of aromatic nitrogens is 2. The van der Waals surface area contributed by atoms with E-state index in [0.29, 0.717) is 11.4 Å². The van der Waals surface area contributed by atoms with Gasteiger partial charge in [0.2, 0.25) is 0 Å². The third-order valence-corrected chi connectivity index (χ3v) is 4.55. The van der Waals surface area contributed by atoms with Crippen LogP contribution < -0.4 is 5.73 Å². The predicted molar refractivity (Wildman–Crippen MR) is 77.8 cm³/mol. The lowest BCUT2D eigenvalue weighted by molar-refractivity contribution is 0.216. The van der Waals surface area contributed by atoms with Crippen LogP contribution in [0.4, 0.5) is 4.39 Å². The lowest BCUT2D eigenvalue weighted by atomic mass is 9.76. The summed E-state index contributed by atoms with van der Waals surface area (Å²) in [7, 11) is 0. The van der Waals surface area contributed by atoms with Crippen molar-refractivity contribution in [3.8, 4) is 11.5 Å². The Kier molecular flexibility index (Phi) is 3.76. The topological polar surface area (TPSA) is 64.9 Å². The summed E-state index contributed by atoms with van der Waals surface area (Å²) in [6.45, 7) is 2.21. The summed E-state index contributed by atoms with van der Waals surface area (Å²) in [5.74, 6) is 1.06. The van der Waals surface area contributed by atoms with Gasteiger partial charge >= 0.3 is 0 Å². The average molecular weight is 289 g/mol. The maximum absolute atomic E-state index is 13.8. The van der Waals surface area contributed by atoms with Crippen LogP contribution in [0.5, 0.6) is 0 Å². The zero-order valence-electron chi connectivity index (χ0n) is 12.2. The Morgan fingerprint density at radius 3 is 2.71 bits per heavy atom. The molecule has 0 saturated heterocycles. The highest BCUT2D eigenvalue weighted by Gasteiger charge is 2.37. The first kappa shape index (κ1) is 14.2. The zero-order valence-corrected chi connectivity index (χ0v) is 12.2. The SMILES string of the molecule is CCC1CCC(N)(c2noc(-c3ccccc3F)n2)CC1. The summed E-state index contributed by atoms with van der Waals surface area (Å²) < 4.78 is 19.0. The molecule has 1 fully saturated rings. The van der Waals surface area contributed by atoms with Crippen molar-refractivity contribution in [3.63, 3.8) is 0 Å². The molecule has 1 heterocycles. The molecule has 2 N–H and O–H groups in total. The molecule has 1 aliphatic carbocycles. The van der Waals surface area contributed by atoms with Crippen molar-refractivity contribution in [2.24, 2.45) is 11.7 Å². The van der Waals surface area contributed by atoms with Gasteiger partial charge < -0.3 is 10.3 Å². The Hall–Kier alpha value is -1.75. The number of halogens is 1. The predicted octanol–water partition coefficient (Wildman–Crippen LogP) is 3.63. The van der Waals surface area contributed by atoms with Gasteiger partial charge in [-0.2, -0.15) is 4.98 Å². The molecule has 0 unspecified atom stereocenters. The van der Waals surface area contributed by atoms with Gasteiger partial charge in [0.05, 0.1) is 11.1 Å². The van der Waals surface area contributed by atoms with Crippen molar-refractivity contribution in [2.75, 3.05) is 0 Å². The summed E-state index contributed by atoms with van der Waals surface area (Å²) in [5.41, 5.74) is 6.23. The van der Waals surface area contributed by atoms with E-state index in [1.807, 2.05) is 0 Å². The van der Waals surface area contributed by atoms with Crippen LogP contribution in [0.25, 0.3) is 11.5 Å². The van der Waals surface area contributed by atoms with E-state index in [-0.39, 0.29) is 11.7 Å². The zero-order chi connectivity index (χ0) is 14.9. The molecule has 1 aliphatic rings. The van der Waals surface area contributed by atoms with Gasteiger partial charge in [-0.15, -0.1) is 0 Å². The van der Waals surface area contributed by atoms with Crippen LogP contribution in [0.1, 0.15) is 44.9 Å². The van der Waals surface area contributed by atoms with Gasteiger partial charge in [0.1, 0.15) is 5.82 Å². The Balaban J connectivity index is 1.84. The summed E-state index contributed by atoms with van der Waals surface area (Å²) in [4.78, 5) is 4.34. The highest BCUT2D eigenvalue weighted by atomic mass is 19.1. The van der Waals surface area contributed by atoms with E-state index in [2.05, 4.69) is 17.1 Å². The highest BCUT2D eigenvalue weighted by Crippen LogP contribution is 2.38. The molecule has 4 nitrogen and oxygen atoms in total. The lowest BCUT2D eigenvalue weighted by Gasteiger charge is -2.34. The first-order chi connectivity index (χ1) is 10.1. The smallest absolute Gasteiger partial charge is 0.260 e. The molecule has 1 aromatic heterocycles. The number of nitrogens with two attached hydrogens (primary N) is 1. The van der Waals surface area contributed by atoms with E-state index < -0.39 is 5.54 Å². The average Bonchev–Trinajstić information content (AvgIpc) is 2.99. The van der Waals surface area contributed by atoms with Crippen molar-refractivity contribution in [3.05, 3.63) is 35.9 Å². The molecule has 5 heteroatoms. The summed E-state index contributed by atoms with van der Waals surface area (Å²) in [5, 5.41) is 4.00. The van der Waals surface area contributed by atoms with Gasteiger partial charge in [0.15, 0.2) is 5.82 Å². The summed E-state index contributed by atoms with van der Waals surface area (Å²) in [6, 6.07) is 6.38. The Morgan fingerprint density at radius 2 is 2.05 bits per heavy atom. The van der Waals surface area contributed by atoms with Crippen LogP contribution in [0.3, 0.4) is 0 Å². The third kappa shape index (κ3) is 2.70. The lowest BCUT2D eigenvalue weighted by Crippen LogP contribution is -2.41. The number of hydrogen-bond donors (Lipinski definition) is 1. The molecule has 112 valence electrons. The second-order valence-electron chi connectivity index (χ2n) is 5.91. The van der Waals surface area contributed by atoms with E-state index in [4.69, 9.17) is 10.3 Å². The van der Waals surface area contributed by atoms with Crippen LogP contribution in [0, 0.1) is 11.7 Å². The fourth-order valence-corrected chi connectivity index (χ4v) is 2.99. The quantitative estimate of drug-likeness (QED) is 0.937. The molecule has 1 saturated carbocycles. The van der Waals surface area contributed by atoms with Crippen LogP contribution >= 0.6 is 0 Å². The minimum atomic E-state index is -0.543. The Morgan fingerprint density at radius 1 is 1.33 bits per heavy atom. The molecule has 21 heavy (non-hydrogen) atoms. The third-order valence-electron chi connectivity index (χ3n) is 4.55. The number of hydrogen-bond acceptors (Lipinski definition) is 4. The van der Waals surface area contributed by atoms with E-state index in [1.54, 1.807) is 18.2 Å². The molecule has 0 aliphatic heterocycles. The molecule has 0 bridgehead atoms. The Labute approximate surface area is 123 Å². The molecule has 0 amide bonds. The first-order valence-electron chi connectivity index (χ1n) is 7.50. The molecule has 3 rings (SSSR count). The minimum Gasteiger partial charge on any atom is -0.334 e. The van der Waals surface area contributed by atoms with Gasteiger partial charge in [-0.25, -0.2) is 4.39 Å². The standard InChI is InChI=1S/C16H20FN3O/c1-2-11-7-9-16(18,10-8-11)15-19-14(21-20-15)12-5-3-4-6-13(12)17/h3-6,11H,2,7-10,18H2,1H3. The first-order valence-corrected chi connectivity index (χ1v) is 7.50. The summed E-state index contributed by atoms with van der Waals surface area (Å²) in [6.07, 6.45) is 5.04. The molecular formula is C16H20FN3O. The van der Waals surface area contributed by atoms with Crippen LogP contribution in [0.2, 0.25) is 0 Å². The number of rotatable bonds is 3. The van der Waals surface area contributed by atoms with Gasteiger partial charge in [-0.3, -0.25) is 0 Å². The normalized spacial score (nSPS) is 26.0. The molecule has 1 aromatic carbocycles. The number of benzene rings is 1.